The van der Waals surface area contributed by atoms with Gasteiger partial charge >= 0.3 is 0 Å². The summed E-state index contributed by atoms with van der Waals surface area (Å²) in [5, 5.41) is 4.26. The number of benzene rings is 1. The van der Waals surface area contributed by atoms with Crippen LogP contribution in [0.5, 0.6) is 0 Å². The Morgan fingerprint density at radius 2 is 1.95 bits per heavy atom. The fraction of sp³-hybridized carbons (Fsp3) is 0.188. The summed E-state index contributed by atoms with van der Waals surface area (Å²) < 4.78 is 1.86. The van der Waals surface area contributed by atoms with Gasteiger partial charge in [-0.3, -0.25) is 0 Å². The molecule has 1 unspecified atom stereocenters. The average molecular weight is 303 g/mol. The molecule has 3 aromatic rings. The smallest absolute Gasteiger partial charge is 0.0958 e. The van der Waals surface area contributed by atoms with E-state index in [1.807, 2.05) is 47.4 Å². The lowest BCUT2D eigenvalue weighted by Gasteiger charge is -2.03. The van der Waals surface area contributed by atoms with E-state index in [4.69, 9.17) is 11.6 Å². The zero-order chi connectivity index (χ0) is 14.1. The van der Waals surface area contributed by atoms with Crippen LogP contribution in [0.3, 0.4) is 0 Å². The first-order valence-electron chi connectivity index (χ1n) is 6.46. The molecule has 0 bridgehead atoms. The van der Waals surface area contributed by atoms with E-state index in [0.29, 0.717) is 0 Å². The molecule has 3 rings (SSSR count). The molecule has 0 spiro atoms. The molecule has 0 saturated carbocycles. The van der Waals surface area contributed by atoms with Crippen molar-refractivity contribution in [3.8, 4) is 5.69 Å². The zero-order valence-corrected chi connectivity index (χ0v) is 12.9. The van der Waals surface area contributed by atoms with Crippen LogP contribution in [0.25, 0.3) is 5.69 Å². The van der Waals surface area contributed by atoms with Gasteiger partial charge in [0.25, 0.3) is 0 Å². The number of para-hydroxylation sites is 1. The largest absolute Gasteiger partial charge is 0.241 e. The summed E-state index contributed by atoms with van der Waals surface area (Å²) in [7, 11) is 0. The minimum Gasteiger partial charge on any atom is -0.241 e. The van der Waals surface area contributed by atoms with Crippen LogP contribution in [0, 0.1) is 13.8 Å². The molecule has 0 radical (unpaired) electrons. The van der Waals surface area contributed by atoms with Gasteiger partial charge in [0.1, 0.15) is 0 Å². The van der Waals surface area contributed by atoms with Crippen LogP contribution in [-0.2, 0) is 0 Å². The second-order valence-electron chi connectivity index (χ2n) is 4.80. The Morgan fingerprint density at radius 1 is 1.20 bits per heavy atom. The van der Waals surface area contributed by atoms with E-state index in [2.05, 4.69) is 25.0 Å². The Labute approximate surface area is 127 Å². The molecule has 0 aliphatic heterocycles. The van der Waals surface area contributed by atoms with Crippen molar-refractivity contribution >= 4 is 22.9 Å². The van der Waals surface area contributed by atoms with Crippen LogP contribution < -0.4 is 0 Å². The molecule has 1 atom stereocenters. The highest BCUT2D eigenvalue weighted by atomic mass is 35.5. The highest BCUT2D eigenvalue weighted by Gasteiger charge is 2.16. The van der Waals surface area contributed by atoms with Crippen LogP contribution in [0.1, 0.15) is 26.3 Å². The van der Waals surface area contributed by atoms with Crippen LogP contribution in [0.4, 0.5) is 0 Å². The van der Waals surface area contributed by atoms with Crippen LogP contribution in [-0.4, -0.2) is 9.78 Å². The van der Waals surface area contributed by atoms with Crippen molar-refractivity contribution in [2.75, 3.05) is 0 Å². The Balaban J connectivity index is 1.90. The Kier molecular flexibility index (Phi) is 3.64. The van der Waals surface area contributed by atoms with Crippen molar-refractivity contribution in [2.45, 2.75) is 19.2 Å². The van der Waals surface area contributed by atoms with E-state index in [1.54, 1.807) is 11.3 Å². The first-order chi connectivity index (χ1) is 9.65. The second-order valence-corrected chi connectivity index (χ2v) is 6.53. The second kappa shape index (κ2) is 5.43. The first-order valence-corrected chi connectivity index (χ1v) is 7.71. The summed E-state index contributed by atoms with van der Waals surface area (Å²) in [5.41, 5.74) is 3.36. The number of thiophene rings is 1. The first kappa shape index (κ1) is 13.4. The Bertz CT molecular complexity index is 696. The quantitative estimate of drug-likeness (QED) is 0.631. The standard InChI is InChI=1S/C16H15ClN2S/c1-11-8-15(20-12(11)2)16(17)13-9-18-19(10-13)14-6-4-3-5-7-14/h3-10,16H,1-2H3. The molecular weight excluding hydrogens is 288 g/mol. The van der Waals surface area contributed by atoms with Crippen LogP contribution in [0.2, 0.25) is 0 Å². The van der Waals surface area contributed by atoms with Crippen molar-refractivity contribution in [3.05, 3.63) is 69.7 Å². The number of hydrogen-bond donors (Lipinski definition) is 0. The van der Waals surface area contributed by atoms with Crippen molar-refractivity contribution < 1.29 is 0 Å². The lowest BCUT2D eigenvalue weighted by Crippen LogP contribution is -1.93. The predicted molar refractivity (Wildman–Crippen MR) is 85.1 cm³/mol. The summed E-state index contributed by atoms with van der Waals surface area (Å²) >= 11 is 8.33. The normalized spacial score (nSPS) is 12.6. The minimum atomic E-state index is -0.134. The summed E-state index contributed by atoms with van der Waals surface area (Å²) in [6.07, 6.45) is 3.84. The summed E-state index contributed by atoms with van der Waals surface area (Å²) in [5.74, 6) is 0. The lowest BCUT2D eigenvalue weighted by atomic mass is 10.2. The fourth-order valence-corrected chi connectivity index (χ4v) is 3.44. The van der Waals surface area contributed by atoms with Gasteiger partial charge in [-0.1, -0.05) is 18.2 Å². The number of alkyl halides is 1. The third kappa shape index (κ3) is 2.51. The highest BCUT2D eigenvalue weighted by molar-refractivity contribution is 7.12. The van der Waals surface area contributed by atoms with Gasteiger partial charge in [0, 0.05) is 21.5 Å². The van der Waals surface area contributed by atoms with Gasteiger partial charge in [-0.15, -0.1) is 22.9 Å². The van der Waals surface area contributed by atoms with E-state index in [-0.39, 0.29) is 5.38 Å². The molecule has 2 aromatic heterocycles. The number of hydrogen-bond acceptors (Lipinski definition) is 2. The molecular formula is C16H15ClN2S. The third-order valence-corrected chi connectivity index (χ3v) is 5.18. The maximum absolute atomic E-state index is 6.57. The van der Waals surface area contributed by atoms with Crippen molar-refractivity contribution in [1.82, 2.24) is 9.78 Å². The van der Waals surface area contributed by atoms with Crippen LogP contribution in [0.15, 0.2) is 48.8 Å². The molecule has 0 aliphatic carbocycles. The molecule has 102 valence electrons. The maximum atomic E-state index is 6.57. The molecule has 0 aliphatic rings. The van der Waals surface area contributed by atoms with Crippen LogP contribution >= 0.6 is 22.9 Å². The number of aryl methyl sites for hydroxylation is 2. The molecule has 1 aromatic carbocycles. The van der Waals surface area contributed by atoms with E-state index < -0.39 is 0 Å². The average Bonchev–Trinajstić information content (AvgIpc) is 3.07. The molecule has 2 nitrogen and oxygen atoms in total. The number of aromatic nitrogens is 2. The van der Waals surface area contributed by atoms with Gasteiger partial charge in [-0.05, 0) is 37.6 Å². The highest BCUT2D eigenvalue weighted by Crippen LogP contribution is 2.35. The van der Waals surface area contributed by atoms with E-state index in [1.165, 1.54) is 15.3 Å². The Morgan fingerprint density at radius 3 is 2.60 bits per heavy atom. The van der Waals surface area contributed by atoms with Gasteiger partial charge in [0.2, 0.25) is 0 Å². The molecule has 0 amide bonds. The number of halogens is 1. The molecule has 2 heterocycles. The summed E-state index contributed by atoms with van der Waals surface area (Å²) in [4.78, 5) is 2.50. The monoisotopic (exact) mass is 302 g/mol. The van der Waals surface area contributed by atoms with Crippen molar-refractivity contribution in [2.24, 2.45) is 0 Å². The molecule has 0 N–H and O–H groups in total. The van der Waals surface area contributed by atoms with Crippen molar-refractivity contribution in [1.29, 1.82) is 0 Å². The summed E-state index contributed by atoms with van der Waals surface area (Å²) in [6.45, 7) is 4.24. The molecule has 0 saturated heterocycles. The SMILES string of the molecule is Cc1cc(C(Cl)c2cnn(-c3ccccc3)c2)sc1C. The van der Waals surface area contributed by atoms with E-state index in [0.717, 1.165) is 11.3 Å². The topological polar surface area (TPSA) is 17.8 Å². The zero-order valence-electron chi connectivity index (χ0n) is 11.4. The molecule has 0 fully saturated rings. The van der Waals surface area contributed by atoms with E-state index >= 15 is 0 Å². The number of rotatable bonds is 3. The lowest BCUT2D eigenvalue weighted by molar-refractivity contribution is 0.880. The fourth-order valence-electron chi connectivity index (χ4n) is 2.08. The third-order valence-electron chi connectivity index (χ3n) is 3.35. The maximum Gasteiger partial charge on any atom is 0.0958 e. The van der Waals surface area contributed by atoms with Gasteiger partial charge in [0.05, 0.1) is 17.3 Å². The summed E-state index contributed by atoms with van der Waals surface area (Å²) in [6, 6.07) is 12.2. The Hall–Kier alpha value is -1.58. The van der Waals surface area contributed by atoms with Gasteiger partial charge in [-0.25, -0.2) is 4.68 Å². The van der Waals surface area contributed by atoms with Gasteiger partial charge in [0.15, 0.2) is 0 Å². The number of nitrogens with zero attached hydrogens (tertiary/aromatic N) is 2. The van der Waals surface area contributed by atoms with Gasteiger partial charge < -0.3 is 0 Å². The van der Waals surface area contributed by atoms with Crippen molar-refractivity contribution in [3.63, 3.8) is 0 Å². The predicted octanol–water partition coefficient (Wildman–Crippen LogP) is 4.88. The van der Waals surface area contributed by atoms with E-state index in [9.17, 15) is 0 Å². The molecule has 4 heteroatoms. The van der Waals surface area contributed by atoms with Gasteiger partial charge in [-0.2, -0.15) is 5.10 Å². The minimum absolute atomic E-state index is 0.134. The molecule has 20 heavy (non-hydrogen) atoms.